The average molecular weight is 187 g/mol. The van der Waals surface area contributed by atoms with Gasteiger partial charge in [0.15, 0.2) is 0 Å². The third-order valence-electron chi connectivity index (χ3n) is 2.42. The molecule has 3 heteroatoms. The van der Waals surface area contributed by atoms with Crippen molar-refractivity contribution in [3.05, 3.63) is 0 Å². The number of nitrogens with two attached hydrogens (primary N) is 1. The zero-order chi connectivity index (χ0) is 10.4. The Hall–Kier alpha value is -0.570. The van der Waals surface area contributed by atoms with Crippen molar-refractivity contribution in [2.45, 2.75) is 40.2 Å². The molecule has 0 saturated carbocycles. The Morgan fingerprint density at radius 2 is 1.92 bits per heavy atom. The third kappa shape index (κ3) is 4.88. The average Bonchev–Trinajstić information content (AvgIpc) is 2.01. The summed E-state index contributed by atoms with van der Waals surface area (Å²) in [6, 6.07) is 0. The molecule has 2 N–H and O–H groups in total. The van der Waals surface area contributed by atoms with E-state index in [1.165, 1.54) is 0 Å². The van der Waals surface area contributed by atoms with E-state index in [0.717, 1.165) is 0 Å². The van der Waals surface area contributed by atoms with Gasteiger partial charge in [-0.25, -0.2) is 0 Å². The van der Waals surface area contributed by atoms with E-state index < -0.39 is 0 Å². The van der Waals surface area contributed by atoms with Gasteiger partial charge in [-0.2, -0.15) is 0 Å². The zero-order valence-electron chi connectivity index (χ0n) is 9.04. The predicted octanol–water partition coefficient (Wildman–Crippen LogP) is 1.56. The molecule has 1 amide bonds. The lowest BCUT2D eigenvalue weighted by Gasteiger charge is -2.25. The quantitative estimate of drug-likeness (QED) is 0.686. The molecule has 0 heterocycles. The molecule has 13 heavy (non-hydrogen) atoms. The van der Waals surface area contributed by atoms with E-state index in [1.807, 2.05) is 6.92 Å². The Morgan fingerprint density at radius 1 is 1.38 bits per heavy atom. The van der Waals surface area contributed by atoms with Crippen LogP contribution >= 0.6 is 0 Å². The first kappa shape index (κ1) is 12.4. The number of ether oxygens (including phenoxy) is 1. The fourth-order valence-electron chi connectivity index (χ4n) is 1.24. The van der Waals surface area contributed by atoms with Gasteiger partial charge in [0.05, 0.1) is 12.5 Å². The van der Waals surface area contributed by atoms with Gasteiger partial charge in [-0.05, 0) is 18.8 Å². The van der Waals surface area contributed by atoms with Crippen LogP contribution in [0.3, 0.4) is 0 Å². The molecule has 78 valence electrons. The molecule has 0 fully saturated rings. The van der Waals surface area contributed by atoms with Gasteiger partial charge in [-0.3, -0.25) is 4.79 Å². The summed E-state index contributed by atoms with van der Waals surface area (Å²) in [6.07, 6.45) is 0.301. The summed E-state index contributed by atoms with van der Waals surface area (Å²) in [5.41, 5.74) is 5.14. The van der Waals surface area contributed by atoms with Crippen molar-refractivity contribution in [2.24, 2.45) is 17.6 Å². The number of primary amides is 1. The second-order valence-corrected chi connectivity index (χ2v) is 3.77. The molecule has 0 rings (SSSR count). The first-order valence-corrected chi connectivity index (χ1v) is 4.88. The molecule has 0 saturated heterocycles. The van der Waals surface area contributed by atoms with Gasteiger partial charge >= 0.3 is 0 Å². The molecular weight excluding hydrogens is 166 g/mol. The minimum absolute atomic E-state index is 0.0255. The van der Waals surface area contributed by atoms with E-state index in [4.69, 9.17) is 10.5 Å². The molecule has 0 radical (unpaired) electrons. The minimum Gasteiger partial charge on any atom is -0.378 e. The van der Waals surface area contributed by atoms with E-state index >= 15 is 0 Å². The van der Waals surface area contributed by atoms with Gasteiger partial charge in [0.1, 0.15) is 0 Å². The Balaban J connectivity index is 4.14. The van der Waals surface area contributed by atoms with Crippen molar-refractivity contribution in [2.75, 3.05) is 6.61 Å². The second-order valence-electron chi connectivity index (χ2n) is 3.77. The summed E-state index contributed by atoms with van der Waals surface area (Å²) >= 11 is 0. The number of carbonyl (C=O) groups is 1. The van der Waals surface area contributed by atoms with Gasteiger partial charge in [0.25, 0.3) is 0 Å². The van der Waals surface area contributed by atoms with Crippen LogP contribution in [0.5, 0.6) is 0 Å². The largest absolute Gasteiger partial charge is 0.378 e. The maximum absolute atomic E-state index is 10.8. The summed E-state index contributed by atoms with van der Waals surface area (Å²) in [5.74, 6) is 0.592. The fraction of sp³-hybridized carbons (Fsp3) is 0.900. The van der Waals surface area contributed by atoms with Crippen LogP contribution in [-0.2, 0) is 9.53 Å². The van der Waals surface area contributed by atoms with Crippen LogP contribution in [0.2, 0.25) is 0 Å². The molecule has 0 aromatic rings. The van der Waals surface area contributed by atoms with E-state index in [0.29, 0.717) is 24.9 Å². The molecule has 0 spiro atoms. The van der Waals surface area contributed by atoms with Crippen LogP contribution in [0, 0.1) is 11.8 Å². The molecular formula is C10H21NO2. The van der Waals surface area contributed by atoms with Crippen molar-refractivity contribution in [3.8, 4) is 0 Å². The van der Waals surface area contributed by atoms with Gasteiger partial charge < -0.3 is 10.5 Å². The Labute approximate surface area is 80.6 Å². The minimum atomic E-state index is -0.286. The lowest BCUT2D eigenvalue weighted by molar-refractivity contribution is -0.122. The van der Waals surface area contributed by atoms with E-state index in [2.05, 4.69) is 20.8 Å². The molecule has 2 atom stereocenters. The van der Waals surface area contributed by atoms with Crippen molar-refractivity contribution in [3.63, 3.8) is 0 Å². The maximum atomic E-state index is 10.8. The lowest BCUT2D eigenvalue weighted by Crippen LogP contribution is -2.31. The third-order valence-corrected chi connectivity index (χ3v) is 2.42. The molecule has 0 aliphatic heterocycles. The van der Waals surface area contributed by atoms with Gasteiger partial charge in [-0.1, -0.05) is 20.8 Å². The molecule has 0 aliphatic carbocycles. The van der Waals surface area contributed by atoms with Gasteiger partial charge in [-0.15, -0.1) is 0 Å². The number of hydrogen-bond acceptors (Lipinski definition) is 2. The van der Waals surface area contributed by atoms with Crippen LogP contribution in [0.15, 0.2) is 0 Å². The topological polar surface area (TPSA) is 52.3 Å². The highest BCUT2D eigenvalue weighted by Crippen LogP contribution is 2.19. The summed E-state index contributed by atoms with van der Waals surface area (Å²) in [7, 11) is 0. The first-order valence-electron chi connectivity index (χ1n) is 4.88. The van der Waals surface area contributed by atoms with Crippen LogP contribution < -0.4 is 5.73 Å². The molecule has 0 bridgehead atoms. The van der Waals surface area contributed by atoms with E-state index in [1.54, 1.807) is 0 Å². The van der Waals surface area contributed by atoms with Crippen LogP contribution in [-0.4, -0.2) is 18.6 Å². The van der Waals surface area contributed by atoms with Crippen LogP contribution in [0.25, 0.3) is 0 Å². The lowest BCUT2D eigenvalue weighted by atomic mass is 9.90. The standard InChI is InChI=1S/C10H21NO2/c1-5-13-9(6-10(11)12)8(4)7(2)3/h7-9H,5-6H2,1-4H3,(H2,11,12). The van der Waals surface area contributed by atoms with Crippen molar-refractivity contribution < 1.29 is 9.53 Å². The SMILES string of the molecule is CCOC(CC(N)=O)C(C)C(C)C. The molecule has 0 aromatic carbocycles. The van der Waals surface area contributed by atoms with Crippen molar-refractivity contribution >= 4 is 5.91 Å². The van der Waals surface area contributed by atoms with Crippen molar-refractivity contribution in [1.82, 2.24) is 0 Å². The summed E-state index contributed by atoms with van der Waals surface area (Å²) < 4.78 is 5.48. The van der Waals surface area contributed by atoms with Crippen LogP contribution in [0.4, 0.5) is 0 Å². The maximum Gasteiger partial charge on any atom is 0.220 e. The summed E-state index contributed by atoms with van der Waals surface area (Å²) in [6.45, 7) is 8.90. The molecule has 2 unspecified atom stereocenters. The predicted molar refractivity (Wildman–Crippen MR) is 53.2 cm³/mol. The fourth-order valence-corrected chi connectivity index (χ4v) is 1.24. The number of rotatable bonds is 6. The smallest absolute Gasteiger partial charge is 0.220 e. The van der Waals surface area contributed by atoms with E-state index in [-0.39, 0.29) is 12.0 Å². The highest BCUT2D eigenvalue weighted by molar-refractivity contribution is 5.74. The Morgan fingerprint density at radius 3 is 2.23 bits per heavy atom. The zero-order valence-corrected chi connectivity index (χ0v) is 9.04. The van der Waals surface area contributed by atoms with Crippen LogP contribution in [0.1, 0.15) is 34.1 Å². The monoisotopic (exact) mass is 187 g/mol. The highest BCUT2D eigenvalue weighted by Gasteiger charge is 2.22. The molecule has 0 aromatic heterocycles. The summed E-state index contributed by atoms with van der Waals surface area (Å²) in [5, 5.41) is 0. The number of amides is 1. The van der Waals surface area contributed by atoms with E-state index in [9.17, 15) is 4.79 Å². The molecule has 0 aliphatic rings. The first-order chi connectivity index (χ1) is 5.99. The summed E-state index contributed by atoms with van der Waals surface area (Å²) in [4.78, 5) is 10.8. The Bertz CT molecular complexity index is 157. The number of carbonyl (C=O) groups excluding carboxylic acids is 1. The van der Waals surface area contributed by atoms with Crippen molar-refractivity contribution in [1.29, 1.82) is 0 Å². The highest BCUT2D eigenvalue weighted by atomic mass is 16.5. The van der Waals surface area contributed by atoms with Gasteiger partial charge in [0, 0.05) is 6.61 Å². The normalized spacial score (nSPS) is 15.8. The second kappa shape index (κ2) is 5.97. The Kier molecular flexibility index (Phi) is 5.71. The number of hydrogen-bond donors (Lipinski definition) is 1. The molecule has 3 nitrogen and oxygen atoms in total. The van der Waals surface area contributed by atoms with Gasteiger partial charge in [0.2, 0.25) is 5.91 Å².